The van der Waals surface area contributed by atoms with Crippen molar-refractivity contribution in [1.82, 2.24) is 0 Å². The Kier molecular flexibility index (Phi) is 4.71. The van der Waals surface area contributed by atoms with Crippen molar-refractivity contribution in [2.75, 3.05) is 12.3 Å². The Morgan fingerprint density at radius 3 is 2.45 bits per heavy atom. The molecular weight excluding hydrogens is 159 g/mol. The van der Waals surface area contributed by atoms with Gasteiger partial charge in [-0.1, -0.05) is 26.0 Å². The third-order valence-corrected chi connectivity index (χ3v) is 3.36. The molecule has 1 atom stereocenters. The summed E-state index contributed by atoms with van der Waals surface area (Å²) in [4.78, 5) is 9.32. The molecule has 0 fully saturated rings. The molecular formula is C8H17O2P. The van der Waals surface area contributed by atoms with Crippen molar-refractivity contribution in [3.05, 3.63) is 12.2 Å². The minimum absolute atomic E-state index is 0.302. The maximum absolute atomic E-state index is 11.3. The van der Waals surface area contributed by atoms with Gasteiger partial charge in [0, 0.05) is 12.3 Å². The van der Waals surface area contributed by atoms with Crippen LogP contribution in [0.5, 0.6) is 0 Å². The van der Waals surface area contributed by atoms with E-state index in [1.807, 2.05) is 26.8 Å². The lowest BCUT2D eigenvalue weighted by molar-refractivity contribution is 0.472. The molecule has 0 aromatic rings. The van der Waals surface area contributed by atoms with Crippen LogP contribution in [0, 0.1) is 5.92 Å². The quantitative estimate of drug-likeness (QED) is 0.527. The summed E-state index contributed by atoms with van der Waals surface area (Å²) in [6.07, 6.45) is 4.31. The van der Waals surface area contributed by atoms with Crippen molar-refractivity contribution >= 4 is 7.37 Å². The van der Waals surface area contributed by atoms with Gasteiger partial charge in [0.05, 0.1) is 0 Å². The second kappa shape index (κ2) is 4.74. The first-order chi connectivity index (χ1) is 4.98. The number of hydrogen-bond acceptors (Lipinski definition) is 1. The summed E-state index contributed by atoms with van der Waals surface area (Å²) < 4.78 is 11.3. The van der Waals surface area contributed by atoms with Crippen LogP contribution in [0.15, 0.2) is 12.2 Å². The van der Waals surface area contributed by atoms with Crippen LogP contribution in [0.4, 0.5) is 0 Å². The Morgan fingerprint density at radius 2 is 2.09 bits per heavy atom. The van der Waals surface area contributed by atoms with E-state index in [0.29, 0.717) is 18.2 Å². The van der Waals surface area contributed by atoms with Gasteiger partial charge in [-0.15, -0.1) is 0 Å². The molecule has 66 valence electrons. The molecule has 0 aliphatic carbocycles. The molecule has 0 aliphatic heterocycles. The molecule has 0 radical (unpaired) electrons. The van der Waals surface area contributed by atoms with Gasteiger partial charge in [0.15, 0.2) is 0 Å². The highest BCUT2D eigenvalue weighted by molar-refractivity contribution is 7.58. The molecule has 0 spiro atoms. The summed E-state index contributed by atoms with van der Waals surface area (Å²) in [6, 6.07) is 0. The standard InChI is InChI=1S/C8H17O2P/c1-4-5-6-11(9,10)7-8(2)3/h4-5,8H,6-7H2,1-3H3,(H,9,10)/b5-4+. The van der Waals surface area contributed by atoms with Crippen LogP contribution in [0.25, 0.3) is 0 Å². The van der Waals surface area contributed by atoms with Gasteiger partial charge in [0.25, 0.3) is 0 Å². The monoisotopic (exact) mass is 176 g/mol. The van der Waals surface area contributed by atoms with Crippen LogP contribution in [0.1, 0.15) is 20.8 Å². The predicted molar refractivity (Wildman–Crippen MR) is 49.2 cm³/mol. The summed E-state index contributed by atoms with van der Waals surface area (Å²) in [6.45, 7) is 5.77. The molecule has 0 saturated heterocycles. The van der Waals surface area contributed by atoms with Crippen molar-refractivity contribution in [2.24, 2.45) is 5.92 Å². The number of allylic oxidation sites excluding steroid dienone is 2. The predicted octanol–water partition coefficient (Wildman–Crippen LogP) is 2.49. The average Bonchev–Trinajstić information content (AvgIpc) is 1.81. The van der Waals surface area contributed by atoms with E-state index >= 15 is 0 Å². The van der Waals surface area contributed by atoms with Crippen LogP contribution in [0.3, 0.4) is 0 Å². The van der Waals surface area contributed by atoms with Gasteiger partial charge in [-0.05, 0) is 12.8 Å². The van der Waals surface area contributed by atoms with Gasteiger partial charge >= 0.3 is 0 Å². The zero-order chi connectivity index (χ0) is 8.91. The SMILES string of the molecule is C/C=C/CP(=O)(O)CC(C)C. The highest BCUT2D eigenvalue weighted by Gasteiger charge is 2.17. The summed E-state index contributed by atoms with van der Waals surface area (Å²) in [5.74, 6) is 0.302. The van der Waals surface area contributed by atoms with E-state index in [-0.39, 0.29) is 0 Å². The van der Waals surface area contributed by atoms with Crippen molar-refractivity contribution in [3.8, 4) is 0 Å². The molecule has 11 heavy (non-hydrogen) atoms. The van der Waals surface area contributed by atoms with E-state index in [2.05, 4.69) is 0 Å². The number of hydrogen-bond donors (Lipinski definition) is 1. The van der Waals surface area contributed by atoms with Crippen molar-refractivity contribution in [3.63, 3.8) is 0 Å². The van der Waals surface area contributed by atoms with Crippen LogP contribution >= 0.6 is 7.37 Å². The van der Waals surface area contributed by atoms with E-state index in [1.54, 1.807) is 6.08 Å². The Morgan fingerprint density at radius 1 is 1.55 bits per heavy atom. The first-order valence-electron chi connectivity index (χ1n) is 3.90. The molecule has 3 heteroatoms. The molecule has 0 aromatic heterocycles. The average molecular weight is 176 g/mol. The first kappa shape index (κ1) is 10.9. The molecule has 0 heterocycles. The maximum atomic E-state index is 11.3. The largest absolute Gasteiger partial charge is 0.344 e. The Hall–Kier alpha value is -0.0700. The Labute approximate surface area is 68.8 Å². The second-order valence-corrected chi connectivity index (χ2v) is 5.60. The van der Waals surface area contributed by atoms with E-state index in [0.717, 1.165) is 0 Å². The first-order valence-corrected chi connectivity index (χ1v) is 5.93. The Bertz CT molecular complexity index is 173. The highest BCUT2D eigenvalue weighted by Crippen LogP contribution is 2.42. The molecule has 0 saturated carbocycles. The van der Waals surface area contributed by atoms with E-state index in [9.17, 15) is 9.46 Å². The molecule has 0 bridgehead atoms. The van der Waals surface area contributed by atoms with Crippen molar-refractivity contribution in [1.29, 1.82) is 0 Å². The molecule has 0 amide bonds. The van der Waals surface area contributed by atoms with Crippen molar-refractivity contribution < 1.29 is 9.46 Å². The minimum atomic E-state index is -2.85. The van der Waals surface area contributed by atoms with Gasteiger partial charge in [0.1, 0.15) is 0 Å². The lowest BCUT2D eigenvalue weighted by Crippen LogP contribution is -1.99. The zero-order valence-electron chi connectivity index (χ0n) is 7.45. The highest BCUT2D eigenvalue weighted by atomic mass is 31.2. The second-order valence-electron chi connectivity index (χ2n) is 3.17. The van der Waals surface area contributed by atoms with E-state index in [1.165, 1.54) is 0 Å². The van der Waals surface area contributed by atoms with E-state index < -0.39 is 7.37 Å². The van der Waals surface area contributed by atoms with Crippen molar-refractivity contribution in [2.45, 2.75) is 20.8 Å². The zero-order valence-corrected chi connectivity index (χ0v) is 8.34. The maximum Gasteiger partial charge on any atom is 0.204 e. The normalized spacial score (nSPS) is 17.5. The van der Waals surface area contributed by atoms with Gasteiger partial charge in [-0.25, -0.2) is 0 Å². The van der Waals surface area contributed by atoms with Gasteiger partial charge in [0.2, 0.25) is 7.37 Å². The van der Waals surface area contributed by atoms with Gasteiger partial charge in [-0.2, -0.15) is 0 Å². The Balaban J connectivity index is 3.90. The third kappa shape index (κ3) is 6.33. The smallest absolute Gasteiger partial charge is 0.204 e. The number of rotatable bonds is 4. The summed E-state index contributed by atoms with van der Waals surface area (Å²) >= 11 is 0. The molecule has 0 aliphatic rings. The van der Waals surface area contributed by atoms with Crippen LogP contribution in [-0.4, -0.2) is 17.2 Å². The van der Waals surface area contributed by atoms with E-state index in [4.69, 9.17) is 0 Å². The van der Waals surface area contributed by atoms with Crippen LogP contribution in [0.2, 0.25) is 0 Å². The fraction of sp³-hybridized carbons (Fsp3) is 0.750. The lowest BCUT2D eigenvalue weighted by atomic mass is 10.3. The van der Waals surface area contributed by atoms with Gasteiger partial charge in [-0.3, -0.25) is 4.57 Å². The molecule has 0 rings (SSSR count). The summed E-state index contributed by atoms with van der Waals surface area (Å²) in [7, 11) is -2.85. The molecule has 1 N–H and O–H groups in total. The topological polar surface area (TPSA) is 37.3 Å². The minimum Gasteiger partial charge on any atom is -0.344 e. The third-order valence-electron chi connectivity index (χ3n) is 1.28. The summed E-state index contributed by atoms with van der Waals surface area (Å²) in [5.41, 5.74) is 0. The summed E-state index contributed by atoms with van der Waals surface area (Å²) in [5, 5.41) is 0. The fourth-order valence-corrected chi connectivity index (χ4v) is 2.75. The van der Waals surface area contributed by atoms with Crippen LogP contribution < -0.4 is 0 Å². The molecule has 1 unspecified atom stereocenters. The van der Waals surface area contributed by atoms with Gasteiger partial charge < -0.3 is 4.89 Å². The lowest BCUT2D eigenvalue weighted by Gasteiger charge is -2.10. The fourth-order valence-electron chi connectivity index (χ4n) is 0.915. The molecule has 0 aromatic carbocycles. The molecule has 2 nitrogen and oxygen atoms in total. The van der Waals surface area contributed by atoms with Crippen LogP contribution in [-0.2, 0) is 4.57 Å².